The van der Waals surface area contributed by atoms with Crippen LogP contribution >= 0.6 is 11.3 Å². The van der Waals surface area contributed by atoms with Gasteiger partial charge in [0.15, 0.2) is 0 Å². The van der Waals surface area contributed by atoms with Crippen molar-refractivity contribution in [1.29, 1.82) is 0 Å². The summed E-state index contributed by atoms with van der Waals surface area (Å²) in [6.07, 6.45) is 4.31. The van der Waals surface area contributed by atoms with Gasteiger partial charge < -0.3 is 10.1 Å². The molecule has 7 nitrogen and oxygen atoms in total. The number of aromatic nitrogens is 4. The number of hydrogen-bond donors (Lipinski definition) is 1. The summed E-state index contributed by atoms with van der Waals surface area (Å²) < 4.78 is 5.50. The Hall–Kier alpha value is -1.64. The first kappa shape index (κ1) is 17.8. The third-order valence-electron chi connectivity index (χ3n) is 5.17. The maximum atomic E-state index is 5.50. The van der Waals surface area contributed by atoms with Crippen molar-refractivity contribution in [1.82, 2.24) is 25.1 Å². The van der Waals surface area contributed by atoms with Gasteiger partial charge in [-0.3, -0.25) is 4.90 Å². The second-order valence-electron chi connectivity index (χ2n) is 7.06. The van der Waals surface area contributed by atoms with Crippen molar-refractivity contribution < 1.29 is 4.74 Å². The molecule has 26 heavy (non-hydrogen) atoms. The molecule has 2 aromatic heterocycles. The van der Waals surface area contributed by atoms with Crippen LogP contribution < -0.4 is 5.32 Å². The van der Waals surface area contributed by atoms with Crippen LogP contribution in [-0.4, -0.2) is 57.4 Å². The third kappa shape index (κ3) is 4.02. The molecule has 2 saturated heterocycles. The van der Waals surface area contributed by atoms with Crippen LogP contribution in [0.1, 0.15) is 48.6 Å². The van der Waals surface area contributed by atoms with Crippen LogP contribution in [0, 0.1) is 6.92 Å². The maximum absolute atomic E-state index is 5.50. The first-order chi connectivity index (χ1) is 12.7. The number of anilines is 2. The normalized spacial score (nSPS) is 22.0. The number of hydrogen-bond acceptors (Lipinski definition) is 8. The molecule has 2 fully saturated rings. The summed E-state index contributed by atoms with van der Waals surface area (Å²) in [6.45, 7) is 8.07. The first-order valence-electron chi connectivity index (χ1n) is 9.48. The van der Waals surface area contributed by atoms with E-state index in [1.54, 1.807) is 11.3 Å². The minimum Gasteiger partial charge on any atom is -0.381 e. The van der Waals surface area contributed by atoms with E-state index in [9.17, 15) is 0 Å². The van der Waals surface area contributed by atoms with E-state index in [1.165, 1.54) is 0 Å². The van der Waals surface area contributed by atoms with Crippen molar-refractivity contribution in [2.24, 2.45) is 0 Å². The lowest BCUT2D eigenvalue weighted by atomic mass is 10.1. The van der Waals surface area contributed by atoms with Crippen molar-refractivity contribution in [2.45, 2.75) is 51.5 Å². The number of nitrogens with one attached hydrogen (secondary N) is 1. The topological polar surface area (TPSA) is 76.1 Å². The van der Waals surface area contributed by atoms with Gasteiger partial charge in [0.1, 0.15) is 16.6 Å². The molecule has 0 amide bonds. The fraction of sp³-hybridized carbons (Fsp3) is 0.667. The summed E-state index contributed by atoms with van der Waals surface area (Å²) in [5.41, 5.74) is 0.988. The molecular weight excluding hydrogens is 348 g/mol. The van der Waals surface area contributed by atoms with E-state index in [2.05, 4.69) is 27.3 Å². The highest BCUT2D eigenvalue weighted by Crippen LogP contribution is 2.30. The zero-order valence-corrected chi connectivity index (χ0v) is 16.3. The quantitative estimate of drug-likeness (QED) is 0.862. The van der Waals surface area contributed by atoms with Crippen LogP contribution in [0.5, 0.6) is 0 Å². The monoisotopic (exact) mass is 374 g/mol. The van der Waals surface area contributed by atoms with E-state index in [1.807, 2.05) is 13.0 Å². The average molecular weight is 375 g/mol. The molecule has 0 aromatic carbocycles. The first-order valence-corrected chi connectivity index (χ1v) is 10.3. The SMILES string of the molecule is CCc1nnc(Nc2cc(C)nc([C@@H]3CCN(C4CCOCC4)C3)n2)s1. The average Bonchev–Trinajstić information content (AvgIpc) is 3.31. The van der Waals surface area contributed by atoms with Gasteiger partial charge >= 0.3 is 0 Å². The molecule has 1 N–H and O–H groups in total. The fourth-order valence-corrected chi connectivity index (χ4v) is 4.46. The molecular formula is C18H26N6OS. The van der Waals surface area contributed by atoms with E-state index < -0.39 is 0 Å². The minimum atomic E-state index is 0.402. The number of aryl methyl sites for hydroxylation is 2. The molecule has 1 atom stereocenters. The minimum absolute atomic E-state index is 0.402. The van der Waals surface area contributed by atoms with E-state index in [-0.39, 0.29) is 0 Å². The van der Waals surface area contributed by atoms with Gasteiger partial charge in [-0.25, -0.2) is 9.97 Å². The lowest BCUT2D eigenvalue weighted by Crippen LogP contribution is -2.37. The number of ether oxygens (including phenoxy) is 1. The summed E-state index contributed by atoms with van der Waals surface area (Å²) in [7, 11) is 0. The zero-order valence-electron chi connectivity index (χ0n) is 15.4. The second-order valence-corrected chi connectivity index (χ2v) is 8.12. The van der Waals surface area contributed by atoms with Crippen LogP contribution in [0.3, 0.4) is 0 Å². The molecule has 2 aliphatic heterocycles. The van der Waals surface area contributed by atoms with Crippen molar-refractivity contribution in [3.8, 4) is 0 Å². The Kier molecular flexibility index (Phi) is 5.42. The molecule has 140 valence electrons. The number of rotatable bonds is 5. The maximum Gasteiger partial charge on any atom is 0.211 e. The van der Waals surface area contributed by atoms with Gasteiger partial charge in [-0.1, -0.05) is 18.3 Å². The smallest absolute Gasteiger partial charge is 0.211 e. The zero-order chi connectivity index (χ0) is 17.9. The largest absolute Gasteiger partial charge is 0.381 e. The Labute approximate surface area is 158 Å². The molecule has 0 spiro atoms. The van der Waals surface area contributed by atoms with Crippen LogP contribution in [-0.2, 0) is 11.2 Å². The second kappa shape index (κ2) is 7.94. The van der Waals surface area contributed by atoms with E-state index in [0.29, 0.717) is 12.0 Å². The summed E-state index contributed by atoms with van der Waals surface area (Å²) in [6, 6.07) is 2.63. The predicted molar refractivity (Wildman–Crippen MR) is 102 cm³/mol. The van der Waals surface area contributed by atoms with Crippen LogP contribution in [0.15, 0.2) is 6.07 Å². The highest BCUT2D eigenvalue weighted by atomic mass is 32.1. The van der Waals surface area contributed by atoms with Gasteiger partial charge in [0, 0.05) is 43.5 Å². The van der Waals surface area contributed by atoms with Gasteiger partial charge in [0.2, 0.25) is 5.13 Å². The van der Waals surface area contributed by atoms with E-state index in [0.717, 1.165) is 79.5 Å². The molecule has 2 aliphatic rings. The lowest BCUT2D eigenvalue weighted by molar-refractivity contribution is 0.0419. The lowest BCUT2D eigenvalue weighted by Gasteiger charge is -2.30. The molecule has 0 aliphatic carbocycles. The molecule has 4 rings (SSSR count). The van der Waals surface area contributed by atoms with Crippen LogP contribution in [0.4, 0.5) is 10.9 Å². The molecule has 0 radical (unpaired) electrons. The van der Waals surface area contributed by atoms with Crippen LogP contribution in [0.2, 0.25) is 0 Å². The van der Waals surface area contributed by atoms with Gasteiger partial charge in [-0.05, 0) is 39.2 Å². The Morgan fingerprint density at radius 2 is 2.08 bits per heavy atom. The Balaban J connectivity index is 1.45. The summed E-state index contributed by atoms with van der Waals surface area (Å²) in [4.78, 5) is 12.1. The predicted octanol–water partition coefficient (Wildman–Crippen LogP) is 2.91. The summed E-state index contributed by atoms with van der Waals surface area (Å²) in [5.74, 6) is 2.16. The molecule has 4 heterocycles. The third-order valence-corrected chi connectivity index (χ3v) is 6.15. The molecule has 0 bridgehead atoms. The molecule has 0 unspecified atom stereocenters. The summed E-state index contributed by atoms with van der Waals surface area (Å²) in [5, 5.41) is 13.5. The summed E-state index contributed by atoms with van der Waals surface area (Å²) >= 11 is 1.58. The van der Waals surface area contributed by atoms with Crippen molar-refractivity contribution in [3.63, 3.8) is 0 Å². The van der Waals surface area contributed by atoms with Crippen molar-refractivity contribution >= 4 is 22.3 Å². The van der Waals surface area contributed by atoms with E-state index in [4.69, 9.17) is 14.7 Å². The van der Waals surface area contributed by atoms with Crippen molar-refractivity contribution in [3.05, 3.63) is 22.6 Å². The van der Waals surface area contributed by atoms with Crippen molar-refractivity contribution in [2.75, 3.05) is 31.6 Å². The number of nitrogens with zero attached hydrogens (tertiary/aromatic N) is 5. The van der Waals surface area contributed by atoms with Gasteiger partial charge in [-0.15, -0.1) is 10.2 Å². The van der Waals surface area contributed by atoms with E-state index >= 15 is 0 Å². The number of likely N-dealkylation sites (tertiary alicyclic amines) is 1. The van der Waals surface area contributed by atoms with Gasteiger partial charge in [0.05, 0.1) is 0 Å². The van der Waals surface area contributed by atoms with Gasteiger partial charge in [-0.2, -0.15) is 0 Å². The Morgan fingerprint density at radius 3 is 2.85 bits per heavy atom. The highest BCUT2D eigenvalue weighted by Gasteiger charge is 2.31. The Morgan fingerprint density at radius 1 is 1.23 bits per heavy atom. The molecule has 8 heteroatoms. The standard InChI is InChI=1S/C18H26N6OS/c1-3-16-22-23-18(26-16)21-15-10-12(2)19-17(20-15)13-4-7-24(11-13)14-5-8-25-9-6-14/h10,13-14H,3-9,11H2,1-2H3,(H,19,20,21,23)/t13-/m1/s1. The highest BCUT2D eigenvalue weighted by molar-refractivity contribution is 7.15. The molecule has 2 aromatic rings. The fourth-order valence-electron chi connectivity index (χ4n) is 3.77. The molecule has 0 saturated carbocycles. The van der Waals surface area contributed by atoms with Gasteiger partial charge in [0.25, 0.3) is 0 Å². The van der Waals surface area contributed by atoms with Crippen LogP contribution in [0.25, 0.3) is 0 Å². The Bertz CT molecular complexity index is 745.